The highest BCUT2D eigenvalue weighted by molar-refractivity contribution is 7.98. The highest BCUT2D eigenvalue weighted by Gasteiger charge is 2.01. The van der Waals surface area contributed by atoms with Crippen LogP contribution in [0.2, 0.25) is 0 Å². The quantitative estimate of drug-likeness (QED) is 0.625. The molecule has 0 amide bonds. The number of fused-ring (bicyclic) bond motifs is 1. The summed E-state index contributed by atoms with van der Waals surface area (Å²) in [5.41, 5.74) is 1.92. The molecule has 3 nitrogen and oxygen atoms in total. The molecular formula is C8H9N3S. The number of aryl methyl sites for hydroxylation is 1. The summed E-state index contributed by atoms with van der Waals surface area (Å²) in [7, 11) is 0. The van der Waals surface area contributed by atoms with Crippen LogP contribution in [-0.4, -0.2) is 20.6 Å². The lowest BCUT2D eigenvalue weighted by atomic mass is 10.5. The summed E-state index contributed by atoms with van der Waals surface area (Å²) in [5.74, 6) is 0. The van der Waals surface area contributed by atoms with Crippen molar-refractivity contribution in [1.29, 1.82) is 0 Å². The molecule has 0 saturated carbocycles. The minimum absolute atomic E-state index is 0.938. The number of imidazole rings is 1. The summed E-state index contributed by atoms with van der Waals surface area (Å²) in [6.45, 7) is 1.97. The third kappa shape index (κ3) is 1.08. The molecular weight excluding hydrogens is 170 g/mol. The summed E-state index contributed by atoms with van der Waals surface area (Å²) < 4.78 is 1.99. The van der Waals surface area contributed by atoms with Crippen LogP contribution in [0.1, 0.15) is 5.69 Å². The first-order valence-corrected chi connectivity index (χ1v) is 4.88. The van der Waals surface area contributed by atoms with Crippen molar-refractivity contribution in [2.45, 2.75) is 11.9 Å². The average Bonchev–Trinajstić information content (AvgIpc) is 2.52. The fourth-order valence-corrected chi connectivity index (χ4v) is 1.61. The zero-order chi connectivity index (χ0) is 8.55. The van der Waals surface area contributed by atoms with Gasteiger partial charge >= 0.3 is 0 Å². The third-order valence-corrected chi connectivity index (χ3v) is 2.34. The van der Waals surface area contributed by atoms with Crippen molar-refractivity contribution >= 4 is 17.4 Å². The van der Waals surface area contributed by atoms with E-state index in [1.807, 2.05) is 30.0 Å². The van der Waals surface area contributed by atoms with Crippen LogP contribution in [0.25, 0.3) is 5.65 Å². The number of hydrogen-bond donors (Lipinski definition) is 0. The second-order valence-corrected chi connectivity index (χ2v) is 3.35. The maximum Gasteiger partial charge on any atom is 0.158 e. The van der Waals surface area contributed by atoms with Crippen LogP contribution in [-0.2, 0) is 0 Å². The number of nitrogens with zero attached hydrogens (tertiary/aromatic N) is 3. The van der Waals surface area contributed by atoms with Gasteiger partial charge in [0.05, 0.1) is 5.69 Å². The Hall–Kier alpha value is -1.03. The third-order valence-electron chi connectivity index (χ3n) is 1.73. The Balaban J connectivity index is 2.75. The summed E-state index contributed by atoms with van der Waals surface area (Å²) in [6, 6.07) is 0. The van der Waals surface area contributed by atoms with Gasteiger partial charge in [0.15, 0.2) is 5.65 Å². The molecule has 0 bridgehead atoms. The van der Waals surface area contributed by atoms with E-state index in [9.17, 15) is 0 Å². The fourth-order valence-electron chi connectivity index (χ4n) is 1.16. The first-order valence-electron chi connectivity index (χ1n) is 3.65. The molecule has 0 radical (unpaired) electrons. The fraction of sp³-hybridized carbons (Fsp3) is 0.250. The molecule has 0 unspecified atom stereocenters. The molecule has 0 fully saturated rings. The molecule has 12 heavy (non-hydrogen) atoms. The summed E-state index contributed by atoms with van der Waals surface area (Å²) in [6.07, 6.45) is 7.72. The second kappa shape index (κ2) is 2.79. The topological polar surface area (TPSA) is 30.2 Å². The monoisotopic (exact) mass is 179 g/mol. The molecule has 2 aromatic heterocycles. The van der Waals surface area contributed by atoms with E-state index >= 15 is 0 Å². The van der Waals surface area contributed by atoms with Crippen molar-refractivity contribution in [3.8, 4) is 0 Å². The van der Waals surface area contributed by atoms with E-state index in [0.717, 1.165) is 16.4 Å². The molecule has 0 spiro atoms. The van der Waals surface area contributed by atoms with E-state index in [0.29, 0.717) is 0 Å². The number of thioether (sulfide) groups is 1. The highest BCUT2D eigenvalue weighted by atomic mass is 32.2. The van der Waals surface area contributed by atoms with Gasteiger partial charge in [-0.25, -0.2) is 9.97 Å². The van der Waals surface area contributed by atoms with E-state index in [-0.39, 0.29) is 0 Å². The van der Waals surface area contributed by atoms with Gasteiger partial charge in [-0.1, -0.05) is 0 Å². The minimum Gasteiger partial charge on any atom is -0.303 e. The van der Waals surface area contributed by atoms with Crippen LogP contribution in [0.4, 0.5) is 0 Å². The SMILES string of the molecule is CSc1cn2ccnc2c(C)n1. The van der Waals surface area contributed by atoms with Crippen molar-refractivity contribution in [3.63, 3.8) is 0 Å². The van der Waals surface area contributed by atoms with Gasteiger partial charge in [-0.15, -0.1) is 11.8 Å². The van der Waals surface area contributed by atoms with Gasteiger partial charge in [0, 0.05) is 18.6 Å². The van der Waals surface area contributed by atoms with Crippen molar-refractivity contribution in [2.75, 3.05) is 6.26 Å². The van der Waals surface area contributed by atoms with Gasteiger partial charge < -0.3 is 4.40 Å². The van der Waals surface area contributed by atoms with Crippen LogP contribution in [0.5, 0.6) is 0 Å². The number of rotatable bonds is 1. The first-order chi connectivity index (χ1) is 5.81. The van der Waals surface area contributed by atoms with E-state index < -0.39 is 0 Å². The van der Waals surface area contributed by atoms with Crippen molar-refractivity contribution in [2.24, 2.45) is 0 Å². The summed E-state index contributed by atoms with van der Waals surface area (Å²) in [4.78, 5) is 8.56. The molecule has 2 aromatic rings. The summed E-state index contributed by atoms with van der Waals surface area (Å²) in [5, 5.41) is 1.03. The smallest absolute Gasteiger partial charge is 0.158 e. The maximum atomic E-state index is 4.37. The molecule has 0 aromatic carbocycles. The van der Waals surface area contributed by atoms with Gasteiger partial charge in [-0.3, -0.25) is 0 Å². The second-order valence-electron chi connectivity index (χ2n) is 2.53. The number of aromatic nitrogens is 3. The van der Waals surface area contributed by atoms with Crippen molar-refractivity contribution in [3.05, 3.63) is 24.3 Å². The zero-order valence-electron chi connectivity index (χ0n) is 6.98. The lowest BCUT2D eigenvalue weighted by Gasteiger charge is -2.00. The lowest BCUT2D eigenvalue weighted by molar-refractivity contribution is 0.979. The molecule has 2 rings (SSSR count). The maximum absolute atomic E-state index is 4.37. The summed E-state index contributed by atoms with van der Waals surface area (Å²) >= 11 is 1.64. The predicted molar refractivity (Wildman–Crippen MR) is 49.5 cm³/mol. The molecule has 0 aliphatic carbocycles. The van der Waals surface area contributed by atoms with E-state index in [1.165, 1.54) is 0 Å². The average molecular weight is 179 g/mol. The van der Waals surface area contributed by atoms with E-state index in [2.05, 4.69) is 9.97 Å². The van der Waals surface area contributed by atoms with Gasteiger partial charge in [0.2, 0.25) is 0 Å². The molecule has 0 N–H and O–H groups in total. The zero-order valence-corrected chi connectivity index (χ0v) is 7.80. The Morgan fingerprint density at radius 3 is 3.08 bits per heavy atom. The van der Waals surface area contributed by atoms with Crippen LogP contribution in [0, 0.1) is 6.92 Å². The Morgan fingerprint density at radius 1 is 1.50 bits per heavy atom. The van der Waals surface area contributed by atoms with Gasteiger partial charge in [-0.05, 0) is 13.2 Å². The van der Waals surface area contributed by atoms with Crippen LogP contribution in [0.3, 0.4) is 0 Å². The molecule has 2 heterocycles. The van der Waals surface area contributed by atoms with Crippen molar-refractivity contribution < 1.29 is 0 Å². The molecule has 4 heteroatoms. The normalized spacial score (nSPS) is 10.8. The lowest BCUT2D eigenvalue weighted by Crippen LogP contribution is -1.92. The Morgan fingerprint density at radius 2 is 2.33 bits per heavy atom. The number of hydrogen-bond acceptors (Lipinski definition) is 3. The van der Waals surface area contributed by atoms with Crippen LogP contribution in [0.15, 0.2) is 23.6 Å². The first kappa shape index (κ1) is 7.61. The Bertz CT molecular complexity index is 408. The standard InChI is InChI=1S/C8H9N3S/c1-6-8-9-3-4-11(8)5-7(10-6)12-2/h3-5H,1-2H3. The molecule has 0 atom stereocenters. The van der Waals surface area contributed by atoms with Crippen LogP contribution >= 0.6 is 11.8 Å². The van der Waals surface area contributed by atoms with E-state index in [4.69, 9.17) is 0 Å². The van der Waals surface area contributed by atoms with Crippen LogP contribution < -0.4 is 0 Å². The Kier molecular flexibility index (Phi) is 1.77. The predicted octanol–water partition coefficient (Wildman–Crippen LogP) is 1.76. The van der Waals surface area contributed by atoms with Gasteiger partial charge in [-0.2, -0.15) is 0 Å². The molecule has 62 valence electrons. The van der Waals surface area contributed by atoms with Gasteiger partial charge in [0.25, 0.3) is 0 Å². The van der Waals surface area contributed by atoms with E-state index in [1.54, 1.807) is 18.0 Å². The van der Waals surface area contributed by atoms with Crippen molar-refractivity contribution in [1.82, 2.24) is 14.4 Å². The molecule has 0 aliphatic heterocycles. The molecule has 0 saturated heterocycles. The minimum atomic E-state index is 0.938. The molecule has 0 aliphatic rings. The Labute approximate surface area is 74.8 Å². The highest BCUT2D eigenvalue weighted by Crippen LogP contribution is 2.14. The largest absolute Gasteiger partial charge is 0.303 e. The van der Waals surface area contributed by atoms with Gasteiger partial charge in [0.1, 0.15) is 5.03 Å².